The van der Waals surface area contributed by atoms with E-state index in [2.05, 4.69) is 10.4 Å². The molecule has 0 radical (unpaired) electrons. The Morgan fingerprint density at radius 1 is 1.24 bits per heavy atom. The standard InChI is InChI=1S/C16H24F2N4O2S/c17-16(18)5-1-2-13(16)11-25(23,24)21-6-3-14(4-7-21)22-15-10-19-8-12(15)9-20-22/h9,13-14,19H,1-8,10-11H2. The summed E-state index contributed by atoms with van der Waals surface area (Å²) in [5.41, 5.74) is 2.39. The summed E-state index contributed by atoms with van der Waals surface area (Å²) in [7, 11) is -3.63. The zero-order chi connectivity index (χ0) is 17.7. The van der Waals surface area contributed by atoms with Gasteiger partial charge in [0.1, 0.15) is 0 Å². The molecular weight excluding hydrogens is 350 g/mol. The van der Waals surface area contributed by atoms with Gasteiger partial charge in [-0.2, -0.15) is 5.10 Å². The van der Waals surface area contributed by atoms with Gasteiger partial charge >= 0.3 is 0 Å². The molecule has 1 atom stereocenters. The lowest BCUT2D eigenvalue weighted by atomic mass is 10.1. The lowest BCUT2D eigenvalue weighted by Gasteiger charge is -2.33. The fourth-order valence-electron chi connectivity index (χ4n) is 4.32. The molecule has 0 aromatic carbocycles. The zero-order valence-corrected chi connectivity index (χ0v) is 14.9. The van der Waals surface area contributed by atoms with Gasteiger partial charge in [-0.3, -0.25) is 4.68 Å². The summed E-state index contributed by atoms with van der Waals surface area (Å²) in [6.07, 6.45) is 3.75. The fourth-order valence-corrected chi connectivity index (χ4v) is 6.22. The number of halogens is 2. The predicted molar refractivity (Wildman–Crippen MR) is 88.7 cm³/mol. The highest BCUT2D eigenvalue weighted by Gasteiger charge is 2.46. The molecule has 3 heterocycles. The average Bonchev–Trinajstić information content (AvgIpc) is 3.24. The summed E-state index contributed by atoms with van der Waals surface area (Å²) >= 11 is 0. The van der Waals surface area contributed by atoms with Crippen molar-refractivity contribution in [1.82, 2.24) is 19.4 Å². The molecule has 25 heavy (non-hydrogen) atoms. The van der Waals surface area contributed by atoms with Gasteiger partial charge in [-0.15, -0.1) is 0 Å². The minimum Gasteiger partial charge on any atom is -0.307 e. The van der Waals surface area contributed by atoms with Crippen molar-refractivity contribution in [3.8, 4) is 0 Å². The summed E-state index contributed by atoms with van der Waals surface area (Å²) < 4.78 is 56.1. The summed E-state index contributed by atoms with van der Waals surface area (Å²) in [6.45, 7) is 2.39. The second kappa shape index (κ2) is 6.28. The molecule has 4 rings (SSSR count). The number of fused-ring (bicyclic) bond motifs is 1. The number of hydrogen-bond donors (Lipinski definition) is 1. The van der Waals surface area contributed by atoms with Crippen molar-refractivity contribution in [3.63, 3.8) is 0 Å². The summed E-state index contributed by atoms with van der Waals surface area (Å²) in [4.78, 5) is 0. The van der Waals surface area contributed by atoms with Crippen LogP contribution in [0.15, 0.2) is 6.20 Å². The second-order valence-electron chi connectivity index (χ2n) is 7.42. The molecule has 1 unspecified atom stereocenters. The molecule has 2 aliphatic heterocycles. The third-order valence-corrected chi connectivity index (χ3v) is 7.80. The van der Waals surface area contributed by atoms with Crippen LogP contribution in [-0.4, -0.2) is 47.3 Å². The van der Waals surface area contributed by atoms with Crippen molar-refractivity contribution < 1.29 is 17.2 Å². The highest BCUT2D eigenvalue weighted by atomic mass is 32.2. The summed E-state index contributed by atoms with van der Waals surface area (Å²) in [5.74, 6) is -4.30. The van der Waals surface area contributed by atoms with Gasteiger partial charge in [0.2, 0.25) is 10.0 Å². The van der Waals surface area contributed by atoms with E-state index in [9.17, 15) is 17.2 Å². The van der Waals surface area contributed by atoms with E-state index in [0.717, 1.165) is 13.1 Å². The lowest BCUT2D eigenvalue weighted by Crippen LogP contribution is -2.43. The molecule has 1 aromatic heterocycles. The van der Waals surface area contributed by atoms with Crippen LogP contribution < -0.4 is 5.32 Å². The Kier molecular flexibility index (Phi) is 4.36. The minimum absolute atomic E-state index is 0.183. The van der Waals surface area contributed by atoms with E-state index < -0.39 is 27.6 Å². The van der Waals surface area contributed by atoms with Crippen molar-refractivity contribution in [3.05, 3.63) is 17.5 Å². The fraction of sp³-hybridized carbons (Fsp3) is 0.812. The molecule has 6 nitrogen and oxygen atoms in total. The number of alkyl halides is 2. The Bertz CT molecular complexity index is 741. The van der Waals surface area contributed by atoms with Gasteiger partial charge in [-0.25, -0.2) is 21.5 Å². The van der Waals surface area contributed by atoms with Crippen molar-refractivity contribution in [2.24, 2.45) is 5.92 Å². The van der Waals surface area contributed by atoms with Crippen molar-refractivity contribution >= 4 is 10.0 Å². The van der Waals surface area contributed by atoms with Gasteiger partial charge in [0.15, 0.2) is 0 Å². The molecule has 1 saturated carbocycles. The van der Waals surface area contributed by atoms with Crippen LogP contribution in [0.25, 0.3) is 0 Å². The highest BCUT2D eigenvalue weighted by molar-refractivity contribution is 7.89. The normalized spacial score (nSPS) is 27.7. The number of aromatic nitrogens is 2. The maximum Gasteiger partial charge on any atom is 0.251 e. The molecule has 1 aromatic rings. The number of rotatable bonds is 4. The molecule has 1 aliphatic carbocycles. The van der Waals surface area contributed by atoms with Crippen molar-refractivity contribution in [1.29, 1.82) is 0 Å². The lowest BCUT2D eigenvalue weighted by molar-refractivity contribution is -0.0291. The van der Waals surface area contributed by atoms with Crippen LogP contribution in [0.5, 0.6) is 0 Å². The molecule has 1 saturated heterocycles. The van der Waals surface area contributed by atoms with Crippen LogP contribution in [0.4, 0.5) is 8.78 Å². The number of hydrogen-bond acceptors (Lipinski definition) is 4. The molecular formula is C16H24F2N4O2S. The molecule has 140 valence electrons. The van der Waals surface area contributed by atoms with Crippen LogP contribution >= 0.6 is 0 Å². The van der Waals surface area contributed by atoms with Gasteiger partial charge in [-0.1, -0.05) is 0 Å². The molecule has 9 heteroatoms. The zero-order valence-electron chi connectivity index (χ0n) is 14.1. The first-order valence-corrected chi connectivity index (χ1v) is 10.6. The van der Waals surface area contributed by atoms with E-state index in [4.69, 9.17) is 0 Å². The largest absolute Gasteiger partial charge is 0.307 e. The number of nitrogens with one attached hydrogen (secondary N) is 1. The Morgan fingerprint density at radius 2 is 2.00 bits per heavy atom. The predicted octanol–water partition coefficient (Wildman–Crippen LogP) is 1.89. The van der Waals surface area contributed by atoms with Crippen LogP contribution in [0.1, 0.15) is 49.4 Å². The highest BCUT2D eigenvalue weighted by Crippen LogP contribution is 2.41. The van der Waals surface area contributed by atoms with E-state index in [0.29, 0.717) is 38.8 Å². The first-order chi connectivity index (χ1) is 11.9. The third-order valence-electron chi connectivity index (χ3n) is 5.83. The monoisotopic (exact) mass is 374 g/mol. The van der Waals surface area contributed by atoms with Crippen LogP contribution in [0, 0.1) is 5.92 Å². The summed E-state index contributed by atoms with van der Waals surface area (Å²) in [6, 6.07) is 0.183. The Labute approximate surface area is 146 Å². The number of piperidine rings is 1. The van der Waals surface area contributed by atoms with Gasteiger partial charge in [0.05, 0.1) is 23.7 Å². The Morgan fingerprint density at radius 3 is 2.68 bits per heavy atom. The maximum atomic E-state index is 13.8. The Balaban J connectivity index is 1.39. The van der Waals surface area contributed by atoms with E-state index >= 15 is 0 Å². The first-order valence-electron chi connectivity index (χ1n) is 8.98. The van der Waals surface area contributed by atoms with Crippen molar-refractivity contribution in [2.75, 3.05) is 18.8 Å². The van der Waals surface area contributed by atoms with Crippen LogP contribution in [0.3, 0.4) is 0 Å². The van der Waals surface area contributed by atoms with E-state index in [-0.39, 0.29) is 12.5 Å². The molecule has 3 aliphatic rings. The first kappa shape index (κ1) is 17.4. The minimum atomic E-state index is -3.63. The van der Waals surface area contributed by atoms with Gasteiger partial charge < -0.3 is 5.32 Å². The SMILES string of the molecule is O=S(=O)(CC1CCCC1(F)F)N1CCC(n2ncc3c2CNC3)CC1. The molecule has 0 amide bonds. The number of nitrogens with zero attached hydrogens (tertiary/aromatic N) is 3. The molecule has 1 N–H and O–H groups in total. The van der Waals surface area contributed by atoms with Gasteiger partial charge in [-0.05, 0) is 25.7 Å². The van der Waals surface area contributed by atoms with Crippen LogP contribution in [-0.2, 0) is 23.1 Å². The topological polar surface area (TPSA) is 67.2 Å². The number of sulfonamides is 1. The molecule has 0 spiro atoms. The Hall–Kier alpha value is -1.06. The van der Waals surface area contributed by atoms with E-state index in [1.807, 2.05) is 10.9 Å². The second-order valence-corrected chi connectivity index (χ2v) is 9.44. The third kappa shape index (κ3) is 3.21. The molecule has 2 fully saturated rings. The van der Waals surface area contributed by atoms with E-state index in [1.54, 1.807) is 0 Å². The van der Waals surface area contributed by atoms with Gasteiger partial charge in [0.25, 0.3) is 5.92 Å². The van der Waals surface area contributed by atoms with E-state index in [1.165, 1.54) is 15.6 Å². The average molecular weight is 374 g/mol. The summed E-state index contributed by atoms with van der Waals surface area (Å²) in [5, 5.41) is 7.75. The van der Waals surface area contributed by atoms with Gasteiger partial charge in [0, 0.05) is 44.1 Å². The van der Waals surface area contributed by atoms with Crippen molar-refractivity contribution in [2.45, 2.75) is 57.2 Å². The molecule has 0 bridgehead atoms. The smallest absolute Gasteiger partial charge is 0.251 e. The quantitative estimate of drug-likeness (QED) is 0.874. The maximum absolute atomic E-state index is 13.8. The van der Waals surface area contributed by atoms with Crippen LogP contribution in [0.2, 0.25) is 0 Å².